The van der Waals surface area contributed by atoms with Gasteiger partial charge in [-0.1, -0.05) is 82.3 Å². The number of benzene rings is 3. The number of aliphatic hydroxyl groups is 1. The third-order valence-electron chi connectivity index (χ3n) is 8.60. The number of aliphatic carboxylic acids is 1. The number of carbonyl (C=O) groups is 1. The summed E-state index contributed by atoms with van der Waals surface area (Å²) >= 11 is 0. The summed E-state index contributed by atoms with van der Waals surface area (Å²) in [5.41, 5.74) is 7.89. The molecule has 0 radical (unpaired) electrons. The molecule has 0 spiro atoms. The maximum Gasteiger partial charge on any atom is 0.307 e. The highest BCUT2D eigenvalue weighted by atomic mass is 19.1. The first-order chi connectivity index (χ1) is 18.4. The van der Waals surface area contributed by atoms with Crippen LogP contribution in [0.1, 0.15) is 92.3 Å². The van der Waals surface area contributed by atoms with Crippen LogP contribution in [0.15, 0.2) is 54.6 Å². The lowest BCUT2D eigenvalue weighted by molar-refractivity contribution is -0.136. The zero-order valence-corrected chi connectivity index (χ0v) is 24.5. The van der Waals surface area contributed by atoms with Gasteiger partial charge in [-0.15, -0.1) is 0 Å². The molecular weight excluding hydrogens is 487 g/mol. The first kappa shape index (κ1) is 30.3. The van der Waals surface area contributed by atoms with E-state index in [2.05, 4.69) is 65.0 Å². The summed E-state index contributed by atoms with van der Waals surface area (Å²) in [7, 11) is 0. The van der Waals surface area contributed by atoms with Crippen LogP contribution in [-0.4, -0.2) is 21.8 Å². The van der Waals surface area contributed by atoms with E-state index in [1.165, 1.54) is 22.8 Å². The maximum atomic E-state index is 14.7. The predicted octanol–water partition coefficient (Wildman–Crippen LogP) is 8.72. The highest BCUT2D eigenvalue weighted by Crippen LogP contribution is 2.42. The van der Waals surface area contributed by atoms with Gasteiger partial charge in [-0.25, -0.2) is 4.39 Å². The molecule has 2 N–H and O–H groups in total. The van der Waals surface area contributed by atoms with Gasteiger partial charge in [0.25, 0.3) is 0 Å². The topological polar surface area (TPSA) is 57.5 Å². The molecule has 3 nitrogen and oxygen atoms in total. The monoisotopic (exact) mass is 530 g/mol. The highest BCUT2D eigenvalue weighted by Gasteiger charge is 2.32. The van der Waals surface area contributed by atoms with Gasteiger partial charge in [-0.05, 0) is 103 Å². The van der Waals surface area contributed by atoms with Crippen molar-refractivity contribution in [1.29, 1.82) is 0 Å². The molecule has 0 atom stereocenters. The quantitative estimate of drug-likeness (QED) is 0.261. The summed E-state index contributed by atoms with van der Waals surface area (Å²) in [6, 6.07) is 15.9. The van der Waals surface area contributed by atoms with E-state index in [4.69, 9.17) is 5.11 Å². The van der Waals surface area contributed by atoms with Gasteiger partial charge in [0.2, 0.25) is 0 Å². The van der Waals surface area contributed by atoms with Gasteiger partial charge < -0.3 is 10.2 Å². The normalized spacial score (nSPS) is 12.3. The van der Waals surface area contributed by atoms with Crippen molar-refractivity contribution in [3.05, 3.63) is 99.4 Å². The second kappa shape index (κ2) is 12.3. The average Bonchev–Trinajstić information content (AvgIpc) is 2.90. The molecule has 4 heteroatoms. The maximum absolute atomic E-state index is 14.7. The van der Waals surface area contributed by atoms with Crippen LogP contribution >= 0.6 is 0 Å². The van der Waals surface area contributed by atoms with Gasteiger partial charge >= 0.3 is 5.97 Å². The predicted molar refractivity (Wildman–Crippen MR) is 160 cm³/mol. The molecule has 208 valence electrons. The van der Waals surface area contributed by atoms with Crippen molar-refractivity contribution in [2.75, 3.05) is 0 Å². The third-order valence-corrected chi connectivity index (χ3v) is 8.60. The molecule has 0 amide bonds. The fourth-order valence-electron chi connectivity index (χ4n) is 5.83. The number of carboxylic acid groups (broad SMARTS) is 1. The Balaban J connectivity index is 2.05. The minimum atomic E-state index is -1.04. The van der Waals surface area contributed by atoms with Gasteiger partial charge in [0.1, 0.15) is 5.82 Å². The molecule has 0 aromatic heterocycles. The molecule has 0 saturated carbocycles. The lowest BCUT2D eigenvalue weighted by Crippen LogP contribution is -2.26. The Bertz CT molecular complexity index is 1340. The standard InChI is InChI=1S/C35H43FO3/c1-8-34(39,9-2)17-16-26-14-15-29(18-23(26)5)35(10-3,11-4)30-19-24(6)33(25(7)20-30)28-13-12-27(22-32(37)38)31(36)21-28/h12-21,39H,8-11,22H2,1-7H3,(H,37,38). The summed E-state index contributed by atoms with van der Waals surface area (Å²) in [5.74, 6) is -1.54. The molecule has 39 heavy (non-hydrogen) atoms. The van der Waals surface area contributed by atoms with E-state index < -0.39 is 17.4 Å². The van der Waals surface area contributed by atoms with E-state index in [-0.39, 0.29) is 17.4 Å². The second-order valence-electron chi connectivity index (χ2n) is 10.9. The molecule has 3 aromatic rings. The molecule has 0 saturated heterocycles. The van der Waals surface area contributed by atoms with Crippen LogP contribution in [0.4, 0.5) is 4.39 Å². The molecule has 0 fully saturated rings. The minimum Gasteiger partial charge on any atom is -0.481 e. The zero-order chi connectivity index (χ0) is 29.0. The van der Waals surface area contributed by atoms with Gasteiger partial charge in [0.05, 0.1) is 12.0 Å². The molecular formula is C35H43FO3. The Labute approximate surface area is 233 Å². The van der Waals surface area contributed by atoms with Gasteiger partial charge in [0.15, 0.2) is 0 Å². The Morgan fingerprint density at radius 2 is 1.41 bits per heavy atom. The van der Waals surface area contributed by atoms with Crippen molar-refractivity contribution in [1.82, 2.24) is 0 Å². The number of rotatable bonds is 11. The van der Waals surface area contributed by atoms with Crippen LogP contribution in [0.25, 0.3) is 17.2 Å². The molecule has 0 aliphatic heterocycles. The summed E-state index contributed by atoms with van der Waals surface area (Å²) in [6.45, 7) is 14.7. The lowest BCUT2D eigenvalue weighted by Gasteiger charge is -2.35. The number of carboxylic acids is 1. The highest BCUT2D eigenvalue weighted by molar-refractivity contribution is 5.74. The number of hydrogen-bond acceptors (Lipinski definition) is 2. The smallest absolute Gasteiger partial charge is 0.307 e. The fraction of sp³-hybridized carbons (Fsp3) is 0.400. The molecule has 3 rings (SSSR count). The van der Waals surface area contributed by atoms with Crippen molar-refractivity contribution >= 4 is 12.0 Å². The van der Waals surface area contributed by atoms with Crippen molar-refractivity contribution in [3.8, 4) is 11.1 Å². The van der Waals surface area contributed by atoms with E-state index in [9.17, 15) is 14.3 Å². The SMILES string of the molecule is CCC(O)(C=Cc1ccc(C(CC)(CC)c2cc(C)c(-c3ccc(CC(=O)O)c(F)c3)c(C)c2)cc1C)CC. The van der Waals surface area contributed by atoms with E-state index in [0.29, 0.717) is 12.8 Å². The van der Waals surface area contributed by atoms with E-state index in [0.717, 1.165) is 40.7 Å². The van der Waals surface area contributed by atoms with Crippen molar-refractivity contribution < 1.29 is 19.4 Å². The summed E-state index contributed by atoms with van der Waals surface area (Å²) in [6.07, 6.45) is 6.85. The van der Waals surface area contributed by atoms with Gasteiger partial charge in [-0.3, -0.25) is 4.79 Å². The zero-order valence-electron chi connectivity index (χ0n) is 24.5. The number of halogens is 1. The molecule has 0 unspecified atom stereocenters. The molecule has 0 bridgehead atoms. The van der Waals surface area contributed by atoms with Gasteiger partial charge in [-0.2, -0.15) is 0 Å². The Morgan fingerprint density at radius 3 is 1.90 bits per heavy atom. The van der Waals surface area contributed by atoms with E-state index in [1.54, 1.807) is 6.07 Å². The average molecular weight is 531 g/mol. The van der Waals surface area contributed by atoms with Crippen molar-refractivity contribution in [2.45, 2.75) is 91.6 Å². The Kier molecular flexibility index (Phi) is 9.55. The summed E-state index contributed by atoms with van der Waals surface area (Å²) in [4.78, 5) is 11.0. The first-order valence-electron chi connectivity index (χ1n) is 14.1. The molecule has 0 aliphatic rings. The summed E-state index contributed by atoms with van der Waals surface area (Å²) in [5, 5.41) is 19.7. The largest absolute Gasteiger partial charge is 0.481 e. The third kappa shape index (κ3) is 6.33. The van der Waals surface area contributed by atoms with Crippen LogP contribution in [0.5, 0.6) is 0 Å². The lowest BCUT2D eigenvalue weighted by atomic mass is 9.69. The molecule has 0 heterocycles. The second-order valence-corrected chi connectivity index (χ2v) is 10.9. The summed E-state index contributed by atoms with van der Waals surface area (Å²) < 4.78 is 14.7. The Hall–Kier alpha value is -3.24. The van der Waals surface area contributed by atoms with Crippen molar-refractivity contribution in [3.63, 3.8) is 0 Å². The van der Waals surface area contributed by atoms with Crippen LogP contribution in [-0.2, 0) is 16.6 Å². The fourth-order valence-corrected chi connectivity index (χ4v) is 5.83. The van der Waals surface area contributed by atoms with Crippen LogP contribution < -0.4 is 0 Å². The number of hydrogen-bond donors (Lipinski definition) is 2. The molecule has 3 aromatic carbocycles. The Morgan fingerprint density at radius 1 is 0.821 bits per heavy atom. The van der Waals surface area contributed by atoms with Crippen molar-refractivity contribution in [2.24, 2.45) is 0 Å². The van der Waals surface area contributed by atoms with Crippen LogP contribution in [0, 0.1) is 26.6 Å². The van der Waals surface area contributed by atoms with E-state index in [1.807, 2.05) is 32.1 Å². The van der Waals surface area contributed by atoms with Crippen LogP contribution in [0.3, 0.4) is 0 Å². The van der Waals surface area contributed by atoms with Crippen LogP contribution in [0.2, 0.25) is 0 Å². The van der Waals surface area contributed by atoms with Gasteiger partial charge in [0, 0.05) is 5.41 Å². The van der Waals surface area contributed by atoms with E-state index >= 15 is 0 Å². The minimum absolute atomic E-state index is 0.175. The molecule has 0 aliphatic carbocycles. The number of aryl methyl sites for hydroxylation is 3. The first-order valence-corrected chi connectivity index (χ1v) is 14.1.